The van der Waals surface area contributed by atoms with Crippen LogP contribution in [0.5, 0.6) is 0 Å². The molecule has 0 atom stereocenters. The molecule has 0 aliphatic carbocycles. The zero-order valence-corrected chi connectivity index (χ0v) is 14.9. The largest absolute Gasteiger partial charge is 0.340 e. The lowest BCUT2D eigenvalue weighted by atomic mass is 10.1. The van der Waals surface area contributed by atoms with Crippen LogP contribution in [0.2, 0.25) is 0 Å². The van der Waals surface area contributed by atoms with E-state index in [2.05, 4.69) is 0 Å². The number of amides is 1. The van der Waals surface area contributed by atoms with Gasteiger partial charge in [-0.25, -0.2) is 4.79 Å². The van der Waals surface area contributed by atoms with Gasteiger partial charge in [-0.2, -0.15) is 0 Å². The summed E-state index contributed by atoms with van der Waals surface area (Å²) < 4.78 is 2.21. The van der Waals surface area contributed by atoms with Crippen LogP contribution in [0.25, 0.3) is 0 Å². The fourth-order valence-electron chi connectivity index (χ4n) is 2.41. The number of rotatable bonds is 7. The summed E-state index contributed by atoms with van der Waals surface area (Å²) in [6.45, 7) is 1.19. The van der Waals surface area contributed by atoms with E-state index in [4.69, 9.17) is 5.73 Å². The molecule has 0 unspecified atom stereocenters. The standard InChI is InChI=1S/C17H22N4O3.ClH/c1-19-15(22)8-11-21(17(19)24)13-16(23)20(12-9-18)10-7-14-5-3-2-4-6-14;/h2-6,8,11H,7,9-10,12-13,18H2,1H3;1H. The molecule has 25 heavy (non-hydrogen) atoms. The Morgan fingerprint density at radius 3 is 2.44 bits per heavy atom. The maximum absolute atomic E-state index is 12.5. The van der Waals surface area contributed by atoms with E-state index in [0.717, 1.165) is 16.6 Å². The molecule has 1 aromatic carbocycles. The Bertz CT molecular complexity index is 802. The van der Waals surface area contributed by atoms with Crippen molar-refractivity contribution in [1.29, 1.82) is 0 Å². The molecule has 2 rings (SSSR count). The summed E-state index contributed by atoms with van der Waals surface area (Å²) in [4.78, 5) is 37.6. The summed E-state index contributed by atoms with van der Waals surface area (Å²) in [5.41, 5.74) is 5.82. The summed E-state index contributed by atoms with van der Waals surface area (Å²) >= 11 is 0. The van der Waals surface area contributed by atoms with E-state index >= 15 is 0 Å². The zero-order chi connectivity index (χ0) is 17.5. The Kier molecular flexibility index (Phi) is 8.10. The fraction of sp³-hybridized carbons (Fsp3) is 0.353. The van der Waals surface area contributed by atoms with Gasteiger partial charge in [0.2, 0.25) is 5.91 Å². The molecule has 0 fully saturated rings. The summed E-state index contributed by atoms with van der Waals surface area (Å²) in [5.74, 6) is -0.197. The van der Waals surface area contributed by atoms with Crippen LogP contribution in [-0.2, 0) is 24.8 Å². The van der Waals surface area contributed by atoms with Crippen molar-refractivity contribution in [3.05, 3.63) is 69.0 Å². The molecular weight excluding hydrogens is 344 g/mol. The summed E-state index contributed by atoms with van der Waals surface area (Å²) in [6, 6.07) is 11.1. The number of hydrogen-bond donors (Lipinski definition) is 1. The molecule has 7 nitrogen and oxygen atoms in total. The van der Waals surface area contributed by atoms with Gasteiger partial charge in [0.05, 0.1) is 0 Å². The van der Waals surface area contributed by atoms with E-state index in [1.807, 2.05) is 30.3 Å². The van der Waals surface area contributed by atoms with E-state index < -0.39 is 11.2 Å². The molecule has 1 amide bonds. The second-order valence-corrected chi connectivity index (χ2v) is 5.53. The highest BCUT2D eigenvalue weighted by atomic mass is 35.5. The number of carbonyl (C=O) groups excluding carboxylic acids is 1. The SMILES string of the molecule is Cl.Cn1c(=O)ccn(CC(=O)N(CCN)CCc2ccccc2)c1=O. The van der Waals surface area contributed by atoms with Crippen LogP contribution in [0, 0.1) is 0 Å². The van der Waals surface area contributed by atoms with Gasteiger partial charge in [-0.15, -0.1) is 12.4 Å². The molecule has 0 saturated heterocycles. The fourth-order valence-corrected chi connectivity index (χ4v) is 2.41. The van der Waals surface area contributed by atoms with Gasteiger partial charge < -0.3 is 10.6 Å². The molecule has 136 valence electrons. The lowest BCUT2D eigenvalue weighted by Crippen LogP contribution is -2.43. The number of aromatic nitrogens is 2. The first-order valence-electron chi connectivity index (χ1n) is 7.81. The lowest BCUT2D eigenvalue weighted by molar-refractivity contribution is -0.131. The Labute approximate surface area is 152 Å². The third kappa shape index (κ3) is 5.58. The molecule has 2 aromatic rings. The molecule has 1 aromatic heterocycles. The Hall–Kier alpha value is -2.38. The maximum atomic E-state index is 12.5. The van der Waals surface area contributed by atoms with Crippen LogP contribution in [0.15, 0.2) is 52.2 Å². The second kappa shape index (κ2) is 9.80. The molecule has 0 bridgehead atoms. The van der Waals surface area contributed by atoms with E-state index in [1.54, 1.807) is 4.90 Å². The Morgan fingerprint density at radius 2 is 1.80 bits per heavy atom. The van der Waals surface area contributed by atoms with Crippen LogP contribution in [0.3, 0.4) is 0 Å². The molecule has 0 aliphatic heterocycles. The first-order valence-corrected chi connectivity index (χ1v) is 7.81. The Balaban J connectivity index is 0.00000312. The topological polar surface area (TPSA) is 90.3 Å². The lowest BCUT2D eigenvalue weighted by Gasteiger charge is -2.22. The Morgan fingerprint density at radius 1 is 1.12 bits per heavy atom. The van der Waals surface area contributed by atoms with Crippen molar-refractivity contribution < 1.29 is 4.79 Å². The maximum Gasteiger partial charge on any atom is 0.331 e. The number of benzene rings is 1. The van der Waals surface area contributed by atoms with E-state index in [1.165, 1.54) is 23.9 Å². The predicted molar refractivity (Wildman–Crippen MR) is 99.0 cm³/mol. The third-order valence-corrected chi connectivity index (χ3v) is 3.83. The number of nitrogens with two attached hydrogens (primary N) is 1. The molecule has 0 aliphatic rings. The van der Waals surface area contributed by atoms with Crippen molar-refractivity contribution in [2.24, 2.45) is 12.8 Å². The predicted octanol–water partition coefficient (Wildman–Crippen LogP) is -0.00120. The van der Waals surface area contributed by atoms with E-state index in [-0.39, 0.29) is 24.9 Å². The third-order valence-electron chi connectivity index (χ3n) is 3.83. The average molecular weight is 367 g/mol. The second-order valence-electron chi connectivity index (χ2n) is 5.53. The monoisotopic (exact) mass is 366 g/mol. The van der Waals surface area contributed by atoms with Gasteiger partial charge in [0.25, 0.3) is 5.56 Å². The number of nitrogens with zero attached hydrogens (tertiary/aromatic N) is 3. The first kappa shape index (κ1) is 20.7. The van der Waals surface area contributed by atoms with Gasteiger partial charge in [0.1, 0.15) is 6.54 Å². The summed E-state index contributed by atoms with van der Waals surface area (Å²) in [6.07, 6.45) is 2.06. The van der Waals surface area contributed by atoms with Crippen molar-refractivity contribution in [3.63, 3.8) is 0 Å². The highest BCUT2D eigenvalue weighted by Gasteiger charge is 2.14. The minimum Gasteiger partial charge on any atom is -0.340 e. The minimum absolute atomic E-state index is 0. The number of hydrogen-bond acceptors (Lipinski definition) is 4. The normalized spacial score (nSPS) is 10.2. The van der Waals surface area contributed by atoms with Crippen LogP contribution in [-0.4, -0.2) is 39.6 Å². The van der Waals surface area contributed by atoms with E-state index in [0.29, 0.717) is 19.6 Å². The zero-order valence-electron chi connectivity index (χ0n) is 14.1. The highest BCUT2D eigenvalue weighted by molar-refractivity contribution is 5.85. The first-order chi connectivity index (χ1) is 11.5. The average Bonchev–Trinajstić information content (AvgIpc) is 2.60. The van der Waals surface area contributed by atoms with Gasteiger partial charge in [0, 0.05) is 38.9 Å². The van der Waals surface area contributed by atoms with Gasteiger partial charge in [-0.05, 0) is 12.0 Å². The summed E-state index contributed by atoms with van der Waals surface area (Å²) in [7, 11) is 1.39. The van der Waals surface area contributed by atoms with Crippen molar-refractivity contribution >= 4 is 18.3 Å². The van der Waals surface area contributed by atoms with Gasteiger partial charge in [-0.3, -0.25) is 18.7 Å². The highest BCUT2D eigenvalue weighted by Crippen LogP contribution is 2.02. The van der Waals surface area contributed by atoms with Gasteiger partial charge in [0.15, 0.2) is 0 Å². The molecular formula is C17H23ClN4O3. The van der Waals surface area contributed by atoms with E-state index in [9.17, 15) is 14.4 Å². The quantitative estimate of drug-likeness (QED) is 0.746. The van der Waals surface area contributed by atoms with Crippen LogP contribution >= 0.6 is 12.4 Å². The molecule has 8 heteroatoms. The van der Waals surface area contributed by atoms with Crippen LogP contribution < -0.4 is 17.0 Å². The molecule has 0 radical (unpaired) electrons. The van der Waals surface area contributed by atoms with Crippen LogP contribution in [0.1, 0.15) is 5.56 Å². The number of halogens is 1. The van der Waals surface area contributed by atoms with Crippen molar-refractivity contribution in [1.82, 2.24) is 14.0 Å². The number of carbonyl (C=O) groups is 1. The van der Waals surface area contributed by atoms with Crippen LogP contribution in [0.4, 0.5) is 0 Å². The van der Waals surface area contributed by atoms with Gasteiger partial charge >= 0.3 is 5.69 Å². The smallest absolute Gasteiger partial charge is 0.331 e. The van der Waals surface area contributed by atoms with Gasteiger partial charge in [-0.1, -0.05) is 30.3 Å². The summed E-state index contributed by atoms with van der Waals surface area (Å²) in [5, 5.41) is 0. The molecule has 0 saturated carbocycles. The molecule has 2 N–H and O–H groups in total. The molecule has 1 heterocycles. The van der Waals surface area contributed by atoms with Crippen molar-refractivity contribution in [3.8, 4) is 0 Å². The minimum atomic E-state index is -0.508. The van der Waals surface area contributed by atoms with Crippen molar-refractivity contribution in [2.75, 3.05) is 19.6 Å². The molecule has 0 spiro atoms. The van der Waals surface area contributed by atoms with Crippen molar-refractivity contribution in [2.45, 2.75) is 13.0 Å².